The maximum atomic E-state index is 6.19. The van der Waals surface area contributed by atoms with Gasteiger partial charge in [0.25, 0.3) is 0 Å². The van der Waals surface area contributed by atoms with Crippen LogP contribution in [0.1, 0.15) is 51.9 Å². The first-order chi connectivity index (χ1) is 8.07. The minimum absolute atomic E-state index is 0.130. The average Bonchev–Trinajstić information content (AvgIpc) is 2.27. The van der Waals surface area contributed by atoms with Crippen molar-refractivity contribution in [3.8, 4) is 0 Å². The molecule has 0 spiro atoms. The first-order valence-electron chi connectivity index (χ1n) is 7.56. The van der Waals surface area contributed by atoms with Gasteiger partial charge in [-0.1, -0.05) is 0 Å². The van der Waals surface area contributed by atoms with Crippen LogP contribution in [-0.4, -0.2) is 12.1 Å². The quantitative estimate of drug-likeness (QED) is 0.788. The Bertz CT molecular complexity index is 257. The van der Waals surface area contributed by atoms with Crippen molar-refractivity contribution in [2.45, 2.75) is 57.4 Å². The van der Waals surface area contributed by atoms with Gasteiger partial charge in [-0.3, -0.25) is 0 Å². The van der Waals surface area contributed by atoms with E-state index in [0.29, 0.717) is 6.54 Å². The summed E-state index contributed by atoms with van der Waals surface area (Å²) in [5.74, 6) is 5.25. The van der Waals surface area contributed by atoms with Crippen LogP contribution in [0.2, 0.25) is 0 Å². The molecule has 0 aliphatic heterocycles. The standard InChI is InChI=1S/C15H28N2/c1-15(17,9-16)3-2-14-12-5-10-4-11(7-12)8-13(14)6-10/h10-14H,2-9,16-17H2,1H3. The van der Waals surface area contributed by atoms with E-state index in [0.717, 1.165) is 36.0 Å². The zero-order chi connectivity index (χ0) is 12.0. The van der Waals surface area contributed by atoms with Crippen LogP contribution in [0.3, 0.4) is 0 Å². The SMILES string of the molecule is CC(N)(CN)CCC1C2CC3CC(C2)CC1C3. The lowest BCUT2D eigenvalue weighted by molar-refractivity contribution is -0.0418. The van der Waals surface area contributed by atoms with E-state index in [-0.39, 0.29) is 5.54 Å². The highest BCUT2D eigenvalue weighted by Gasteiger charge is 2.47. The second kappa shape index (κ2) is 4.24. The summed E-state index contributed by atoms with van der Waals surface area (Å²) in [6.45, 7) is 2.74. The summed E-state index contributed by atoms with van der Waals surface area (Å²) in [5, 5.41) is 0. The molecule has 0 saturated heterocycles. The molecule has 4 aliphatic carbocycles. The third-order valence-electron chi connectivity index (χ3n) is 5.94. The van der Waals surface area contributed by atoms with Crippen LogP contribution in [0.5, 0.6) is 0 Å². The van der Waals surface area contributed by atoms with Gasteiger partial charge in [-0.25, -0.2) is 0 Å². The van der Waals surface area contributed by atoms with Gasteiger partial charge in [-0.05, 0) is 81.5 Å². The normalized spacial score (nSPS) is 47.1. The lowest BCUT2D eigenvalue weighted by Gasteiger charge is -2.55. The van der Waals surface area contributed by atoms with E-state index in [1.807, 2.05) is 0 Å². The van der Waals surface area contributed by atoms with Gasteiger partial charge in [-0.2, -0.15) is 0 Å². The molecule has 1 atom stereocenters. The van der Waals surface area contributed by atoms with Crippen LogP contribution in [0, 0.1) is 29.6 Å². The third-order valence-corrected chi connectivity index (χ3v) is 5.94. The van der Waals surface area contributed by atoms with Crippen molar-refractivity contribution in [1.29, 1.82) is 0 Å². The van der Waals surface area contributed by atoms with Crippen LogP contribution in [0.4, 0.5) is 0 Å². The second-order valence-electron chi connectivity index (χ2n) is 7.49. The molecule has 0 aromatic heterocycles. The van der Waals surface area contributed by atoms with Crippen molar-refractivity contribution in [3.63, 3.8) is 0 Å². The molecule has 0 radical (unpaired) electrons. The molecule has 4 saturated carbocycles. The Balaban J connectivity index is 1.61. The van der Waals surface area contributed by atoms with E-state index in [1.165, 1.54) is 32.1 Å². The van der Waals surface area contributed by atoms with Crippen molar-refractivity contribution in [2.75, 3.05) is 6.54 Å². The summed E-state index contributed by atoms with van der Waals surface area (Å²) >= 11 is 0. The maximum absolute atomic E-state index is 6.19. The van der Waals surface area contributed by atoms with Crippen LogP contribution in [-0.2, 0) is 0 Å². The molecule has 4 bridgehead atoms. The van der Waals surface area contributed by atoms with E-state index in [4.69, 9.17) is 11.5 Å². The van der Waals surface area contributed by atoms with E-state index in [2.05, 4.69) is 6.92 Å². The number of hydrogen-bond donors (Lipinski definition) is 2. The summed E-state index contributed by atoms with van der Waals surface area (Å²) in [6, 6.07) is 0. The van der Waals surface area contributed by atoms with Crippen LogP contribution < -0.4 is 11.5 Å². The lowest BCUT2D eigenvalue weighted by Crippen LogP contribution is -2.48. The molecule has 98 valence electrons. The lowest BCUT2D eigenvalue weighted by atomic mass is 9.51. The molecule has 0 aromatic rings. The summed E-state index contributed by atoms with van der Waals surface area (Å²) < 4.78 is 0. The van der Waals surface area contributed by atoms with Crippen molar-refractivity contribution in [2.24, 2.45) is 41.1 Å². The summed E-state index contributed by atoms with van der Waals surface area (Å²) in [5.41, 5.74) is 11.8. The van der Waals surface area contributed by atoms with Gasteiger partial charge in [0.2, 0.25) is 0 Å². The van der Waals surface area contributed by atoms with Crippen LogP contribution in [0.25, 0.3) is 0 Å². The Kier molecular flexibility index (Phi) is 2.99. The van der Waals surface area contributed by atoms with Gasteiger partial charge in [0, 0.05) is 12.1 Å². The minimum Gasteiger partial charge on any atom is -0.329 e. The highest BCUT2D eigenvalue weighted by molar-refractivity contribution is 4.98. The minimum atomic E-state index is -0.130. The van der Waals surface area contributed by atoms with Gasteiger partial charge in [0.05, 0.1) is 0 Å². The average molecular weight is 236 g/mol. The molecule has 2 nitrogen and oxygen atoms in total. The first-order valence-corrected chi connectivity index (χ1v) is 7.56. The zero-order valence-electron chi connectivity index (χ0n) is 11.2. The fourth-order valence-corrected chi connectivity index (χ4v) is 5.11. The smallest absolute Gasteiger partial charge is 0.0250 e. The molecule has 4 aliphatic rings. The molecule has 4 N–H and O–H groups in total. The molecule has 17 heavy (non-hydrogen) atoms. The Hall–Kier alpha value is -0.0800. The predicted octanol–water partition coefficient (Wildman–Crippen LogP) is 2.52. The number of nitrogens with two attached hydrogens (primary N) is 2. The van der Waals surface area contributed by atoms with Gasteiger partial charge in [0.15, 0.2) is 0 Å². The van der Waals surface area contributed by atoms with E-state index >= 15 is 0 Å². The predicted molar refractivity (Wildman–Crippen MR) is 71.4 cm³/mol. The van der Waals surface area contributed by atoms with Crippen LogP contribution >= 0.6 is 0 Å². The zero-order valence-corrected chi connectivity index (χ0v) is 11.2. The van der Waals surface area contributed by atoms with E-state index in [1.54, 1.807) is 6.42 Å². The third kappa shape index (κ3) is 2.26. The highest BCUT2D eigenvalue weighted by atomic mass is 14.8. The van der Waals surface area contributed by atoms with E-state index < -0.39 is 0 Å². The molecule has 0 heterocycles. The molecule has 4 fully saturated rings. The van der Waals surface area contributed by atoms with Gasteiger partial charge in [0.1, 0.15) is 0 Å². The van der Waals surface area contributed by atoms with Crippen molar-refractivity contribution >= 4 is 0 Å². The van der Waals surface area contributed by atoms with Gasteiger partial charge in [-0.15, -0.1) is 0 Å². The summed E-state index contributed by atoms with van der Waals surface area (Å²) in [7, 11) is 0. The first kappa shape index (κ1) is 12.0. The molecule has 0 amide bonds. The summed E-state index contributed by atoms with van der Waals surface area (Å²) in [4.78, 5) is 0. The Morgan fingerprint density at radius 2 is 1.53 bits per heavy atom. The molecule has 0 aromatic carbocycles. The highest BCUT2D eigenvalue weighted by Crippen LogP contribution is 2.57. The molecular weight excluding hydrogens is 208 g/mol. The number of rotatable bonds is 4. The Morgan fingerprint density at radius 1 is 1.00 bits per heavy atom. The van der Waals surface area contributed by atoms with Gasteiger partial charge < -0.3 is 11.5 Å². The fraction of sp³-hybridized carbons (Fsp3) is 1.00. The van der Waals surface area contributed by atoms with Crippen LogP contribution in [0.15, 0.2) is 0 Å². The molecular formula is C15H28N2. The monoisotopic (exact) mass is 236 g/mol. The second-order valence-corrected chi connectivity index (χ2v) is 7.49. The Labute approximate surface area is 106 Å². The van der Waals surface area contributed by atoms with Crippen molar-refractivity contribution in [1.82, 2.24) is 0 Å². The van der Waals surface area contributed by atoms with Crippen molar-refractivity contribution in [3.05, 3.63) is 0 Å². The topological polar surface area (TPSA) is 52.0 Å². The number of hydrogen-bond acceptors (Lipinski definition) is 2. The molecule has 4 rings (SSSR count). The fourth-order valence-electron chi connectivity index (χ4n) is 5.11. The largest absolute Gasteiger partial charge is 0.329 e. The summed E-state index contributed by atoms with van der Waals surface area (Å²) in [6.07, 6.45) is 10.1. The maximum Gasteiger partial charge on any atom is 0.0250 e. The van der Waals surface area contributed by atoms with Gasteiger partial charge >= 0.3 is 0 Å². The molecule has 1 unspecified atom stereocenters. The van der Waals surface area contributed by atoms with Crippen molar-refractivity contribution < 1.29 is 0 Å². The molecule has 2 heteroatoms. The Morgan fingerprint density at radius 3 is 2.00 bits per heavy atom. The van der Waals surface area contributed by atoms with E-state index in [9.17, 15) is 0 Å².